The molecule has 0 N–H and O–H groups in total. The molecule has 1 amide bonds. The highest BCUT2D eigenvalue weighted by molar-refractivity contribution is 6.02. The first-order valence-corrected chi connectivity index (χ1v) is 12.1. The summed E-state index contributed by atoms with van der Waals surface area (Å²) >= 11 is 0. The summed E-state index contributed by atoms with van der Waals surface area (Å²) in [6, 6.07) is 7.73. The van der Waals surface area contributed by atoms with Crippen molar-refractivity contribution in [3.05, 3.63) is 47.7 Å². The van der Waals surface area contributed by atoms with Crippen LogP contribution in [0.25, 0.3) is 27.7 Å². The highest BCUT2D eigenvalue weighted by atomic mass is 16.5. The van der Waals surface area contributed by atoms with Gasteiger partial charge in [0, 0.05) is 46.8 Å². The number of likely N-dealkylation sites (tertiary alicyclic amines) is 1. The molecule has 186 valence electrons. The maximum absolute atomic E-state index is 13.2. The Balaban J connectivity index is 1.82. The molecule has 0 aliphatic carbocycles. The van der Waals surface area contributed by atoms with Gasteiger partial charge in [-0.25, -0.2) is 0 Å². The number of carbonyl (C=O) groups is 1. The Morgan fingerprint density at radius 3 is 2.37 bits per heavy atom. The predicted molar refractivity (Wildman–Crippen MR) is 139 cm³/mol. The van der Waals surface area contributed by atoms with Crippen LogP contribution in [0, 0.1) is 18.8 Å². The molecule has 2 atom stereocenters. The first-order valence-electron chi connectivity index (χ1n) is 12.1. The van der Waals surface area contributed by atoms with Crippen LogP contribution in [-0.4, -0.2) is 45.2 Å². The standard InChI is InChI=1S/C29H35NO5/c1-17-10-18(2)15-30(14-17)27(31)11-19(3)22-13-24-25(16-35-29(24)20(4)28(22)34-7)23-12-21(32-5)8-9-26(23)33-6/h8-9,11-13,16-18H,10,14-15H2,1-7H3/b19-11+. The molecule has 6 nitrogen and oxygen atoms in total. The molecule has 1 aliphatic rings. The number of hydrogen-bond donors (Lipinski definition) is 0. The van der Waals surface area contributed by atoms with Crippen LogP contribution in [0.2, 0.25) is 0 Å². The highest BCUT2D eigenvalue weighted by Gasteiger charge is 2.25. The molecule has 0 bridgehead atoms. The zero-order valence-electron chi connectivity index (χ0n) is 21.7. The number of nitrogens with zero attached hydrogens (tertiary/aromatic N) is 1. The van der Waals surface area contributed by atoms with Crippen molar-refractivity contribution in [3.8, 4) is 28.4 Å². The number of hydrogen-bond acceptors (Lipinski definition) is 5. The van der Waals surface area contributed by atoms with Crippen LogP contribution < -0.4 is 14.2 Å². The van der Waals surface area contributed by atoms with Gasteiger partial charge in [0.05, 0.1) is 27.6 Å². The molecule has 2 aromatic carbocycles. The van der Waals surface area contributed by atoms with E-state index in [1.807, 2.05) is 43.0 Å². The fourth-order valence-corrected chi connectivity index (χ4v) is 5.30. The van der Waals surface area contributed by atoms with E-state index in [4.69, 9.17) is 18.6 Å². The van der Waals surface area contributed by atoms with E-state index in [-0.39, 0.29) is 5.91 Å². The minimum absolute atomic E-state index is 0.0441. The van der Waals surface area contributed by atoms with Crippen molar-refractivity contribution in [2.75, 3.05) is 34.4 Å². The number of allylic oxidation sites excluding steroid dienone is 1. The Morgan fingerprint density at radius 2 is 1.74 bits per heavy atom. The number of aryl methyl sites for hydroxylation is 1. The Labute approximate surface area is 207 Å². The molecule has 2 unspecified atom stereocenters. The zero-order valence-corrected chi connectivity index (χ0v) is 21.7. The molecule has 3 aromatic rings. The molecule has 1 saturated heterocycles. The third-order valence-corrected chi connectivity index (χ3v) is 6.89. The molecule has 0 saturated carbocycles. The third kappa shape index (κ3) is 4.75. The summed E-state index contributed by atoms with van der Waals surface area (Å²) in [5, 5.41) is 0.922. The number of rotatable bonds is 6. The molecular weight excluding hydrogens is 442 g/mol. The minimum Gasteiger partial charge on any atom is -0.497 e. The van der Waals surface area contributed by atoms with Gasteiger partial charge in [0.15, 0.2) is 0 Å². The normalized spacial score (nSPS) is 18.6. The van der Waals surface area contributed by atoms with Crippen LogP contribution >= 0.6 is 0 Å². The molecule has 2 heterocycles. The number of furan rings is 1. The van der Waals surface area contributed by atoms with Crippen molar-refractivity contribution in [2.45, 2.75) is 34.1 Å². The number of piperidine rings is 1. The number of ether oxygens (including phenoxy) is 3. The van der Waals surface area contributed by atoms with Gasteiger partial charge in [-0.2, -0.15) is 0 Å². The lowest BCUT2D eigenvalue weighted by Crippen LogP contribution is -2.41. The van der Waals surface area contributed by atoms with Crippen LogP contribution in [0.15, 0.2) is 41.0 Å². The molecule has 1 aliphatic heterocycles. The molecular formula is C29H35NO5. The SMILES string of the molecule is COc1ccc(OC)c(-c2coc3c(C)c(OC)c(/C(C)=C/C(=O)N4CC(C)CC(C)C4)cc23)c1. The maximum Gasteiger partial charge on any atom is 0.246 e. The first kappa shape index (κ1) is 24.7. The van der Waals surface area contributed by atoms with E-state index in [2.05, 4.69) is 13.8 Å². The van der Waals surface area contributed by atoms with Gasteiger partial charge in [-0.05, 0) is 61.9 Å². The fraction of sp³-hybridized carbons (Fsp3) is 0.414. The van der Waals surface area contributed by atoms with Gasteiger partial charge >= 0.3 is 0 Å². The van der Waals surface area contributed by atoms with Crippen molar-refractivity contribution < 1.29 is 23.4 Å². The third-order valence-electron chi connectivity index (χ3n) is 6.89. The van der Waals surface area contributed by atoms with Crippen molar-refractivity contribution in [2.24, 2.45) is 11.8 Å². The Bertz CT molecular complexity index is 1260. The summed E-state index contributed by atoms with van der Waals surface area (Å²) in [4.78, 5) is 15.1. The number of carbonyl (C=O) groups excluding carboxylic acids is 1. The van der Waals surface area contributed by atoms with E-state index >= 15 is 0 Å². The molecule has 0 spiro atoms. The lowest BCUT2D eigenvalue weighted by atomic mass is 9.91. The van der Waals surface area contributed by atoms with Gasteiger partial charge in [-0.3, -0.25) is 4.79 Å². The van der Waals surface area contributed by atoms with Crippen molar-refractivity contribution in [1.82, 2.24) is 4.90 Å². The second kappa shape index (κ2) is 10.1. The maximum atomic E-state index is 13.2. The monoisotopic (exact) mass is 477 g/mol. The van der Waals surface area contributed by atoms with E-state index in [1.165, 1.54) is 0 Å². The quantitative estimate of drug-likeness (QED) is 0.388. The van der Waals surface area contributed by atoms with Gasteiger partial charge < -0.3 is 23.5 Å². The number of fused-ring (bicyclic) bond motifs is 1. The lowest BCUT2D eigenvalue weighted by Gasteiger charge is -2.34. The van der Waals surface area contributed by atoms with E-state index in [0.717, 1.165) is 69.8 Å². The first-order chi connectivity index (χ1) is 16.8. The van der Waals surface area contributed by atoms with Crippen LogP contribution in [0.5, 0.6) is 17.2 Å². The summed E-state index contributed by atoms with van der Waals surface area (Å²) < 4.78 is 22.9. The molecule has 1 fully saturated rings. The van der Waals surface area contributed by atoms with Gasteiger partial charge in [0.2, 0.25) is 5.91 Å². The van der Waals surface area contributed by atoms with Crippen molar-refractivity contribution in [1.29, 1.82) is 0 Å². The molecule has 1 aromatic heterocycles. The average molecular weight is 478 g/mol. The molecule has 35 heavy (non-hydrogen) atoms. The number of methoxy groups -OCH3 is 3. The number of amides is 1. The zero-order chi connectivity index (χ0) is 25.3. The topological polar surface area (TPSA) is 61.1 Å². The Hall–Kier alpha value is -3.41. The van der Waals surface area contributed by atoms with Crippen LogP contribution in [0.1, 0.15) is 38.3 Å². The highest BCUT2D eigenvalue weighted by Crippen LogP contribution is 2.43. The summed E-state index contributed by atoms with van der Waals surface area (Å²) in [6.45, 7) is 9.95. The Kier molecular flexibility index (Phi) is 7.10. The second-order valence-electron chi connectivity index (χ2n) is 9.69. The summed E-state index contributed by atoms with van der Waals surface area (Å²) in [6.07, 6.45) is 4.63. The van der Waals surface area contributed by atoms with Crippen molar-refractivity contribution in [3.63, 3.8) is 0 Å². The van der Waals surface area contributed by atoms with Gasteiger partial charge in [0.25, 0.3) is 0 Å². The van der Waals surface area contributed by atoms with E-state index < -0.39 is 0 Å². The van der Waals surface area contributed by atoms with Gasteiger partial charge in [-0.1, -0.05) is 13.8 Å². The Morgan fingerprint density at radius 1 is 1.03 bits per heavy atom. The van der Waals surface area contributed by atoms with E-state index in [9.17, 15) is 4.79 Å². The van der Waals surface area contributed by atoms with E-state index in [0.29, 0.717) is 17.6 Å². The summed E-state index contributed by atoms with van der Waals surface area (Å²) in [5.41, 5.74) is 5.11. The summed E-state index contributed by atoms with van der Waals surface area (Å²) in [5.74, 6) is 3.22. The largest absolute Gasteiger partial charge is 0.497 e. The molecule has 4 rings (SSSR count). The summed E-state index contributed by atoms with van der Waals surface area (Å²) in [7, 11) is 4.94. The van der Waals surface area contributed by atoms with Crippen molar-refractivity contribution >= 4 is 22.4 Å². The smallest absolute Gasteiger partial charge is 0.246 e. The lowest BCUT2D eigenvalue weighted by molar-refractivity contribution is -0.128. The minimum atomic E-state index is 0.0441. The molecule has 6 heteroatoms. The fourth-order valence-electron chi connectivity index (χ4n) is 5.30. The van der Waals surface area contributed by atoms with Gasteiger partial charge in [0.1, 0.15) is 22.8 Å². The number of benzene rings is 2. The second-order valence-corrected chi connectivity index (χ2v) is 9.69. The average Bonchev–Trinajstić information content (AvgIpc) is 3.27. The van der Waals surface area contributed by atoms with Crippen LogP contribution in [0.3, 0.4) is 0 Å². The molecule has 0 radical (unpaired) electrons. The van der Waals surface area contributed by atoms with Gasteiger partial charge in [-0.15, -0.1) is 0 Å². The van der Waals surface area contributed by atoms with Crippen LogP contribution in [0.4, 0.5) is 0 Å². The van der Waals surface area contributed by atoms with E-state index in [1.54, 1.807) is 33.7 Å². The predicted octanol–water partition coefficient (Wildman–Crippen LogP) is 6.34. The van der Waals surface area contributed by atoms with Crippen LogP contribution in [-0.2, 0) is 4.79 Å².